The fourth-order valence-electron chi connectivity index (χ4n) is 2.85. The van der Waals surface area contributed by atoms with E-state index in [2.05, 4.69) is 20.8 Å². The minimum Gasteiger partial charge on any atom is -0.350 e. The van der Waals surface area contributed by atoms with Crippen LogP contribution in [-0.2, 0) is 0 Å². The maximum atomic E-state index is 13.5. The number of tetrazole rings is 1. The van der Waals surface area contributed by atoms with Crippen LogP contribution in [0, 0.1) is 12.7 Å². The number of benzene rings is 2. The van der Waals surface area contributed by atoms with Gasteiger partial charge in [0.2, 0.25) is 0 Å². The van der Waals surface area contributed by atoms with Crippen molar-refractivity contribution in [3.8, 4) is 5.69 Å². The first kappa shape index (κ1) is 18.7. The van der Waals surface area contributed by atoms with Crippen LogP contribution in [0.4, 0.5) is 4.39 Å². The Morgan fingerprint density at radius 3 is 2.67 bits per heavy atom. The highest BCUT2D eigenvalue weighted by Crippen LogP contribution is 2.18. The number of hydrogen-bond donors (Lipinski definition) is 1. The van der Waals surface area contributed by atoms with Crippen LogP contribution >= 0.6 is 0 Å². The number of likely N-dealkylation sites (N-methyl/N-ethyl adjacent to an activating group) is 1. The van der Waals surface area contributed by atoms with Gasteiger partial charge in [0.15, 0.2) is 5.82 Å². The molecule has 0 aliphatic heterocycles. The molecule has 0 aliphatic rings. The SMILES string of the molecule is Cc1nnnn1-c1cccc(C(=O)NCC(c2cccc(F)c2)N(C)C)c1. The van der Waals surface area contributed by atoms with Crippen LogP contribution in [0.15, 0.2) is 48.5 Å². The van der Waals surface area contributed by atoms with Crippen molar-refractivity contribution in [2.24, 2.45) is 0 Å². The number of hydrogen-bond acceptors (Lipinski definition) is 5. The fourth-order valence-corrected chi connectivity index (χ4v) is 2.85. The summed E-state index contributed by atoms with van der Waals surface area (Å²) in [6.07, 6.45) is 0. The summed E-state index contributed by atoms with van der Waals surface area (Å²) in [6.45, 7) is 2.14. The Hall–Kier alpha value is -3.13. The van der Waals surface area contributed by atoms with E-state index in [4.69, 9.17) is 0 Å². The Morgan fingerprint density at radius 2 is 2.00 bits per heavy atom. The second-order valence-corrected chi connectivity index (χ2v) is 6.43. The van der Waals surface area contributed by atoms with Gasteiger partial charge in [-0.1, -0.05) is 18.2 Å². The zero-order valence-corrected chi connectivity index (χ0v) is 15.4. The summed E-state index contributed by atoms with van der Waals surface area (Å²) in [6, 6.07) is 13.3. The van der Waals surface area contributed by atoms with Gasteiger partial charge < -0.3 is 10.2 Å². The molecule has 3 aromatic rings. The average Bonchev–Trinajstić information content (AvgIpc) is 3.07. The molecule has 1 heterocycles. The summed E-state index contributed by atoms with van der Waals surface area (Å²) >= 11 is 0. The predicted molar refractivity (Wildman–Crippen MR) is 99.1 cm³/mol. The van der Waals surface area contributed by atoms with Gasteiger partial charge in [-0.05, 0) is 67.3 Å². The van der Waals surface area contributed by atoms with Gasteiger partial charge >= 0.3 is 0 Å². The van der Waals surface area contributed by atoms with Crippen molar-refractivity contribution < 1.29 is 9.18 Å². The van der Waals surface area contributed by atoms with E-state index in [9.17, 15) is 9.18 Å². The molecule has 8 heteroatoms. The Balaban J connectivity index is 1.74. The number of aryl methyl sites for hydroxylation is 1. The van der Waals surface area contributed by atoms with Gasteiger partial charge in [-0.2, -0.15) is 4.68 Å². The number of nitrogens with zero attached hydrogens (tertiary/aromatic N) is 5. The molecule has 2 aromatic carbocycles. The number of carbonyl (C=O) groups excluding carboxylic acids is 1. The van der Waals surface area contributed by atoms with Gasteiger partial charge in [0.1, 0.15) is 5.82 Å². The van der Waals surface area contributed by atoms with Crippen LogP contribution < -0.4 is 5.32 Å². The van der Waals surface area contributed by atoms with Crippen molar-refractivity contribution in [3.63, 3.8) is 0 Å². The fraction of sp³-hybridized carbons (Fsp3) is 0.263. The summed E-state index contributed by atoms with van der Waals surface area (Å²) in [4.78, 5) is 14.6. The van der Waals surface area contributed by atoms with E-state index in [0.717, 1.165) is 5.56 Å². The highest BCUT2D eigenvalue weighted by Gasteiger charge is 2.17. The van der Waals surface area contributed by atoms with Crippen LogP contribution in [0.3, 0.4) is 0 Å². The van der Waals surface area contributed by atoms with Gasteiger partial charge in [-0.25, -0.2) is 4.39 Å². The minimum atomic E-state index is -0.296. The molecular formula is C19H21FN6O. The van der Waals surface area contributed by atoms with Crippen molar-refractivity contribution >= 4 is 5.91 Å². The second kappa shape index (κ2) is 8.05. The van der Waals surface area contributed by atoms with Crippen LogP contribution in [0.1, 0.15) is 27.8 Å². The number of nitrogens with one attached hydrogen (secondary N) is 1. The molecule has 27 heavy (non-hydrogen) atoms. The van der Waals surface area contributed by atoms with E-state index in [1.807, 2.05) is 31.1 Å². The molecule has 0 saturated carbocycles. The zero-order valence-electron chi connectivity index (χ0n) is 15.4. The second-order valence-electron chi connectivity index (χ2n) is 6.43. The Kier molecular flexibility index (Phi) is 5.56. The lowest BCUT2D eigenvalue weighted by atomic mass is 10.1. The summed E-state index contributed by atoms with van der Waals surface area (Å²) in [5, 5.41) is 14.3. The summed E-state index contributed by atoms with van der Waals surface area (Å²) in [5.74, 6) is 0.118. The minimum absolute atomic E-state index is 0.144. The van der Waals surface area contributed by atoms with Crippen molar-refractivity contribution in [2.75, 3.05) is 20.6 Å². The van der Waals surface area contributed by atoms with E-state index in [1.165, 1.54) is 12.1 Å². The summed E-state index contributed by atoms with van der Waals surface area (Å²) in [7, 11) is 3.78. The van der Waals surface area contributed by atoms with Gasteiger partial charge in [-0.15, -0.1) is 5.10 Å². The van der Waals surface area contributed by atoms with Crippen LogP contribution in [0.2, 0.25) is 0 Å². The molecule has 1 unspecified atom stereocenters. The molecule has 1 N–H and O–H groups in total. The van der Waals surface area contributed by atoms with Crippen LogP contribution in [-0.4, -0.2) is 51.7 Å². The summed E-state index contributed by atoms with van der Waals surface area (Å²) < 4.78 is 15.1. The van der Waals surface area contributed by atoms with Gasteiger partial charge in [-0.3, -0.25) is 4.79 Å². The van der Waals surface area contributed by atoms with Gasteiger partial charge in [0.05, 0.1) is 11.7 Å². The third-order valence-electron chi connectivity index (χ3n) is 4.29. The highest BCUT2D eigenvalue weighted by molar-refractivity contribution is 5.94. The molecule has 3 rings (SSSR count). The average molecular weight is 368 g/mol. The van der Waals surface area contributed by atoms with Crippen molar-refractivity contribution in [2.45, 2.75) is 13.0 Å². The van der Waals surface area contributed by atoms with Crippen molar-refractivity contribution in [1.82, 2.24) is 30.4 Å². The maximum Gasteiger partial charge on any atom is 0.251 e. The molecule has 140 valence electrons. The predicted octanol–water partition coefficient (Wildman–Crippen LogP) is 2.14. The van der Waals surface area contributed by atoms with Crippen LogP contribution in [0.25, 0.3) is 5.69 Å². The van der Waals surface area contributed by atoms with Crippen LogP contribution in [0.5, 0.6) is 0 Å². The molecule has 0 aliphatic carbocycles. The normalized spacial score (nSPS) is 12.2. The Bertz CT molecular complexity index is 939. The first-order chi connectivity index (χ1) is 13.0. The van der Waals surface area contributed by atoms with E-state index in [-0.39, 0.29) is 17.8 Å². The number of carbonyl (C=O) groups is 1. The largest absolute Gasteiger partial charge is 0.350 e. The first-order valence-corrected chi connectivity index (χ1v) is 8.51. The number of rotatable bonds is 6. The molecule has 0 radical (unpaired) electrons. The lowest BCUT2D eigenvalue weighted by Gasteiger charge is -2.25. The van der Waals surface area contributed by atoms with Crippen molar-refractivity contribution in [3.05, 3.63) is 71.3 Å². The third-order valence-corrected chi connectivity index (χ3v) is 4.29. The number of aromatic nitrogens is 4. The number of amides is 1. The maximum absolute atomic E-state index is 13.5. The topological polar surface area (TPSA) is 75.9 Å². The monoisotopic (exact) mass is 368 g/mol. The van der Waals surface area contributed by atoms with Gasteiger partial charge in [0, 0.05) is 12.1 Å². The van der Waals surface area contributed by atoms with E-state index in [0.29, 0.717) is 23.6 Å². The molecule has 0 fully saturated rings. The highest BCUT2D eigenvalue weighted by atomic mass is 19.1. The third kappa shape index (κ3) is 4.35. The Labute approximate surface area is 156 Å². The molecule has 0 bridgehead atoms. The molecule has 0 spiro atoms. The Morgan fingerprint density at radius 1 is 1.22 bits per heavy atom. The first-order valence-electron chi connectivity index (χ1n) is 8.51. The molecular weight excluding hydrogens is 347 g/mol. The standard InChI is InChI=1S/C19H21FN6O/c1-13-22-23-24-26(13)17-9-5-7-15(11-17)19(27)21-12-18(25(2)3)14-6-4-8-16(20)10-14/h4-11,18H,12H2,1-3H3,(H,21,27). The number of halogens is 1. The summed E-state index contributed by atoms with van der Waals surface area (Å²) in [5.41, 5.74) is 2.01. The van der Waals surface area contributed by atoms with Gasteiger partial charge in [0.25, 0.3) is 5.91 Å². The molecule has 0 saturated heterocycles. The van der Waals surface area contributed by atoms with E-state index < -0.39 is 0 Å². The zero-order chi connectivity index (χ0) is 19.4. The lowest BCUT2D eigenvalue weighted by molar-refractivity contribution is 0.0942. The van der Waals surface area contributed by atoms with E-state index in [1.54, 1.807) is 35.9 Å². The molecule has 1 atom stereocenters. The van der Waals surface area contributed by atoms with Crippen molar-refractivity contribution in [1.29, 1.82) is 0 Å². The molecule has 1 aromatic heterocycles. The molecule has 1 amide bonds. The quantitative estimate of drug-likeness (QED) is 0.721. The van der Waals surface area contributed by atoms with E-state index >= 15 is 0 Å². The lowest BCUT2D eigenvalue weighted by Crippen LogP contribution is -2.34. The molecule has 7 nitrogen and oxygen atoms in total. The smallest absolute Gasteiger partial charge is 0.251 e.